The van der Waals surface area contributed by atoms with Crippen molar-refractivity contribution < 1.29 is 23.9 Å². The van der Waals surface area contributed by atoms with Gasteiger partial charge in [-0.05, 0) is 24.8 Å². The lowest BCUT2D eigenvalue weighted by Gasteiger charge is -2.19. The molecule has 0 radical (unpaired) electrons. The van der Waals surface area contributed by atoms with Crippen molar-refractivity contribution in [2.75, 3.05) is 24.7 Å². The van der Waals surface area contributed by atoms with Crippen molar-refractivity contribution in [3.8, 4) is 0 Å². The molecule has 0 saturated heterocycles. The van der Waals surface area contributed by atoms with Crippen LogP contribution in [-0.4, -0.2) is 54.6 Å². The SMILES string of the molecule is CCCCCCCCCCCC(=O)OC[C@H](CSC[C@@H](N)C(=O)NCCc1ccccc1)OC(=O)CCCCCCCCCCC. The number of thioether (sulfide) groups is 1. The highest BCUT2D eigenvalue weighted by molar-refractivity contribution is 7.99. The Balaban J connectivity index is 2.38. The monoisotopic (exact) mass is 662 g/mol. The summed E-state index contributed by atoms with van der Waals surface area (Å²) >= 11 is 1.44. The number of unbranched alkanes of at least 4 members (excludes halogenated alkanes) is 16. The molecule has 0 aromatic heterocycles. The number of nitrogens with one attached hydrogen (secondary N) is 1. The largest absolute Gasteiger partial charge is 0.462 e. The molecule has 1 aromatic rings. The second-order valence-corrected chi connectivity index (χ2v) is 13.7. The topological polar surface area (TPSA) is 108 Å². The molecule has 0 heterocycles. The zero-order valence-corrected chi connectivity index (χ0v) is 30.1. The van der Waals surface area contributed by atoms with E-state index >= 15 is 0 Å². The average Bonchev–Trinajstić information content (AvgIpc) is 3.06. The predicted octanol–water partition coefficient (Wildman–Crippen LogP) is 8.70. The fraction of sp³-hybridized carbons (Fsp3) is 0.763. The van der Waals surface area contributed by atoms with Gasteiger partial charge in [0, 0.05) is 30.9 Å². The third kappa shape index (κ3) is 25.1. The summed E-state index contributed by atoms with van der Waals surface area (Å²) in [6.45, 7) is 5.02. The minimum absolute atomic E-state index is 0.0330. The number of ether oxygens (including phenoxy) is 2. The van der Waals surface area contributed by atoms with Gasteiger partial charge in [0.1, 0.15) is 12.7 Å². The first kappa shape index (κ1) is 42.0. The van der Waals surface area contributed by atoms with Gasteiger partial charge in [0.05, 0.1) is 6.04 Å². The molecule has 0 fully saturated rings. The van der Waals surface area contributed by atoms with Gasteiger partial charge in [-0.2, -0.15) is 11.8 Å². The van der Waals surface area contributed by atoms with E-state index in [1.807, 2.05) is 30.3 Å². The van der Waals surface area contributed by atoms with Crippen LogP contribution in [0.3, 0.4) is 0 Å². The molecule has 0 unspecified atom stereocenters. The molecule has 1 amide bonds. The lowest BCUT2D eigenvalue weighted by molar-refractivity contribution is -0.157. The number of carbonyl (C=O) groups is 3. The van der Waals surface area contributed by atoms with E-state index in [1.54, 1.807) is 0 Å². The van der Waals surface area contributed by atoms with E-state index in [4.69, 9.17) is 15.2 Å². The normalized spacial score (nSPS) is 12.4. The summed E-state index contributed by atoms with van der Waals surface area (Å²) in [5.74, 6) is 0.0963. The van der Waals surface area contributed by atoms with Crippen LogP contribution >= 0.6 is 11.8 Å². The molecule has 0 aliphatic carbocycles. The smallest absolute Gasteiger partial charge is 0.306 e. The van der Waals surface area contributed by atoms with Gasteiger partial charge in [-0.25, -0.2) is 0 Å². The van der Waals surface area contributed by atoms with E-state index in [0.717, 1.165) is 50.5 Å². The highest BCUT2D eigenvalue weighted by atomic mass is 32.2. The Hall–Kier alpha value is -2.06. The highest BCUT2D eigenvalue weighted by Gasteiger charge is 2.20. The van der Waals surface area contributed by atoms with Crippen molar-refractivity contribution in [3.05, 3.63) is 35.9 Å². The number of rotatable bonds is 31. The summed E-state index contributed by atoms with van der Waals surface area (Å²) in [5.41, 5.74) is 7.30. The molecule has 0 bridgehead atoms. The Morgan fingerprint density at radius 2 is 1.20 bits per heavy atom. The number of esters is 2. The van der Waals surface area contributed by atoms with Crippen molar-refractivity contribution in [1.82, 2.24) is 5.32 Å². The quantitative estimate of drug-likeness (QED) is 0.0605. The minimum atomic E-state index is -0.673. The maximum absolute atomic E-state index is 12.6. The van der Waals surface area contributed by atoms with Gasteiger partial charge in [-0.1, -0.05) is 147 Å². The molecule has 2 atom stereocenters. The molecule has 7 nitrogen and oxygen atoms in total. The van der Waals surface area contributed by atoms with Gasteiger partial charge in [-0.15, -0.1) is 0 Å². The Bertz CT molecular complexity index is 885. The van der Waals surface area contributed by atoms with E-state index in [0.29, 0.717) is 30.9 Å². The maximum atomic E-state index is 12.6. The molecule has 0 spiro atoms. The van der Waals surface area contributed by atoms with Gasteiger partial charge < -0.3 is 20.5 Å². The van der Waals surface area contributed by atoms with Crippen LogP contribution in [0.15, 0.2) is 30.3 Å². The lowest BCUT2D eigenvalue weighted by Crippen LogP contribution is -2.43. The second kappa shape index (κ2) is 30.3. The van der Waals surface area contributed by atoms with Crippen LogP contribution in [0.2, 0.25) is 0 Å². The van der Waals surface area contributed by atoms with Crippen molar-refractivity contribution in [2.45, 2.75) is 161 Å². The number of hydrogen-bond acceptors (Lipinski definition) is 7. The second-order valence-electron chi connectivity index (χ2n) is 12.6. The van der Waals surface area contributed by atoms with Crippen LogP contribution < -0.4 is 11.1 Å². The standard InChI is InChI=1S/C38H66N2O5S/c1-3-5-7-9-11-13-15-17-22-26-36(41)44-30-34(45-37(42)27-23-18-16-14-12-10-8-6-4-2)31-46-32-35(39)38(43)40-29-28-33-24-20-19-21-25-33/h19-21,24-25,34-35H,3-18,22-23,26-32,39H2,1-2H3,(H,40,43)/t34-,35-/m1/s1. The molecule has 0 aliphatic heterocycles. The number of carbonyl (C=O) groups excluding carboxylic acids is 3. The summed E-state index contributed by atoms with van der Waals surface area (Å²) in [6, 6.07) is 9.32. The Kier molecular flexibility index (Phi) is 27.6. The summed E-state index contributed by atoms with van der Waals surface area (Å²) in [7, 11) is 0. The van der Waals surface area contributed by atoms with Crippen molar-refractivity contribution >= 4 is 29.6 Å². The van der Waals surface area contributed by atoms with Crippen LogP contribution in [0.25, 0.3) is 0 Å². The van der Waals surface area contributed by atoms with Gasteiger partial charge in [0.25, 0.3) is 0 Å². The predicted molar refractivity (Wildman–Crippen MR) is 193 cm³/mol. The number of amides is 1. The molecule has 264 valence electrons. The number of hydrogen-bond donors (Lipinski definition) is 2. The zero-order chi connectivity index (χ0) is 33.5. The van der Waals surface area contributed by atoms with Gasteiger partial charge in [0.2, 0.25) is 5.91 Å². The van der Waals surface area contributed by atoms with Gasteiger partial charge >= 0.3 is 11.9 Å². The Morgan fingerprint density at radius 1 is 0.696 bits per heavy atom. The van der Waals surface area contributed by atoms with Crippen LogP contribution in [0.1, 0.15) is 148 Å². The summed E-state index contributed by atoms with van der Waals surface area (Å²) in [4.78, 5) is 37.5. The van der Waals surface area contributed by atoms with E-state index < -0.39 is 12.1 Å². The lowest BCUT2D eigenvalue weighted by atomic mass is 10.1. The first-order valence-corrected chi connectivity index (χ1v) is 19.6. The molecule has 0 aliphatic rings. The maximum Gasteiger partial charge on any atom is 0.306 e. The van der Waals surface area contributed by atoms with Crippen LogP contribution in [0.4, 0.5) is 0 Å². The Morgan fingerprint density at radius 3 is 1.74 bits per heavy atom. The van der Waals surface area contributed by atoms with Crippen LogP contribution in [-0.2, 0) is 30.3 Å². The first-order valence-electron chi connectivity index (χ1n) is 18.5. The first-order chi connectivity index (χ1) is 22.5. The summed E-state index contributed by atoms with van der Waals surface area (Å²) in [5, 5.41) is 2.90. The molecule has 46 heavy (non-hydrogen) atoms. The van der Waals surface area contributed by atoms with Gasteiger partial charge in [0.15, 0.2) is 0 Å². The molecular formula is C38H66N2O5S. The summed E-state index contributed by atoms with van der Waals surface area (Å²) < 4.78 is 11.3. The third-order valence-corrected chi connectivity index (χ3v) is 9.39. The zero-order valence-electron chi connectivity index (χ0n) is 29.2. The van der Waals surface area contributed by atoms with Crippen molar-refractivity contribution in [1.29, 1.82) is 0 Å². The molecule has 0 saturated carbocycles. The van der Waals surface area contributed by atoms with Crippen LogP contribution in [0, 0.1) is 0 Å². The van der Waals surface area contributed by atoms with E-state index in [-0.39, 0.29) is 24.5 Å². The van der Waals surface area contributed by atoms with E-state index in [2.05, 4.69) is 19.2 Å². The van der Waals surface area contributed by atoms with Gasteiger partial charge in [-0.3, -0.25) is 14.4 Å². The van der Waals surface area contributed by atoms with Crippen LogP contribution in [0.5, 0.6) is 0 Å². The molecule has 1 aromatic carbocycles. The molecule has 1 rings (SSSR count). The van der Waals surface area contributed by atoms with E-state index in [9.17, 15) is 14.4 Å². The summed E-state index contributed by atoms with van der Waals surface area (Å²) in [6.07, 6.45) is 22.3. The number of nitrogens with two attached hydrogens (primary N) is 1. The Labute approximate surface area is 285 Å². The highest BCUT2D eigenvalue weighted by Crippen LogP contribution is 2.15. The van der Waals surface area contributed by atoms with E-state index in [1.165, 1.54) is 88.8 Å². The third-order valence-electron chi connectivity index (χ3n) is 8.19. The molecule has 8 heteroatoms. The van der Waals surface area contributed by atoms with Crippen molar-refractivity contribution in [2.24, 2.45) is 5.73 Å². The molecular weight excluding hydrogens is 596 g/mol. The molecule has 3 N–H and O–H groups in total. The minimum Gasteiger partial charge on any atom is -0.462 e. The fourth-order valence-corrected chi connectivity index (χ4v) is 6.26. The fourth-order valence-electron chi connectivity index (χ4n) is 5.29. The van der Waals surface area contributed by atoms with Crippen molar-refractivity contribution in [3.63, 3.8) is 0 Å². The number of benzene rings is 1. The average molecular weight is 663 g/mol.